The molecule has 1 heterocycles. The fourth-order valence-electron chi connectivity index (χ4n) is 0.925. The van der Waals surface area contributed by atoms with E-state index in [4.69, 9.17) is 15.3 Å². The molecule has 3 N–H and O–H groups in total. The summed E-state index contributed by atoms with van der Waals surface area (Å²) in [5, 5.41) is 0.580. The largest absolute Gasteiger partial charge is 0.467 e. The molecule has 0 aliphatic carbocycles. The number of hydrogen-bond donors (Lipinski definition) is 2. The fraction of sp³-hybridized carbons (Fsp3) is 0.625. The molecule has 1 aromatic heterocycles. The van der Waals surface area contributed by atoms with Crippen LogP contribution in [0.1, 0.15) is 6.42 Å². The van der Waals surface area contributed by atoms with E-state index in [2.05, 4.69) is 20.4 Å². The molecule has 8 heteroatoms. The predicted octanol–water partition coefficient (Wildman–Crippen LogP) is 0.294. The fourth-order valence-corrected chi connectivity index (χ4v) is 1.66. The normalized spacial score (nSPS) is 10.2. The highest BCUT2D eigenvalue weighted by molar-refractivity contribution is 7.99. The molecule has 0 unspecified atom stereocenters. The number of anilines is 1. The van der Waals surface area contributed by atoms with E-state index in [1.54, 1.807) is 7.11 Å². The second-order valence-corrected chi connectivity index (χ2v) is 3.83. The highest BCUT2D eigenvalue weighted by atomic mass is 32.2. The average molecular weight is 245 g/mol. The summed E-state index contributed by atoms with van der Waals surface area (Å²) in [5.41, 5.74) is 2.36. The average Bonchev–Trinajstić information content (AvgIpc) is 2.34. The highest BCUT2D eigenvalue weighted by Gasteiger charge is 2.05. The Hall–Kier alpha value is -1.12. The third kappa shape index (κ3) is 4.17. The number of hydrogen-bond acceptors (Lipinski definition) is 8. The molecule has 90 valence electrons. The summed E-state index contributed by atoms with van der Waals surface area (Å²) in [4.78, 5) is 12.1. The van der Waals surface area contributed by atoms with Crippen molar-refractivity contribution in [2.45, 2.75) is 11.6 Å². The van der Waals surface area contributed by atoms with Crippen molar-refractivity contribution in [2.75, 3.05) is 32.0 Å². The quantitative estimate of drug-likeness (QED) is 0.306. The summed E-state index contributed by atoms with van der Waals surface area (Å²) in [6, 6.07) is 0.247. The molecule has 0 saturated carbocycles. The Morgan fingerprint density at radius 1 is 1.31 bits per heavy atom. The van der Waals surface area contributed by atoms with E-state index in [-0.39, 0.29) is 6.01 Å². The molecule has 0 spiro atoms. The Balaban J connectivity index is 2.57. The number of rotatable bonds is 7. The van der Waals surface area contributed by atoms with Crippen LogP contribution in [0.2, 0.25) is 0 Å². The minimum absolute atomic E-state index is 0.247. The Bertz CT molecular complexity index is 303. The lowest BCUT2D eigenvalue weighted by Crippen LogP contribution is -2.12. The van der Waals surface area contributed by atoms with Crippen molar-refractivity contribution in [3.05, 3.63) is 0 Å². The number of aromatic nitrogens is 3. The molecule has 1 aromatic rings. The molecule has 7 nitrogen and oxygen atoms in total. The first-order chi connectivity index (χ1) is 7.80. The first kappa shape index (κ1) is 12.9. The Morgan fingerprint density at radius 2 is 2.12 bits per heavy atom. The van der Waals surface area contributed by atoms with Gasteiger partial charge < -0.3 is 9.47 Å². The zero-order valence-electron chi connectivity index (χ0n) is 9.27. The predicted molar refractivity (Wildman–Crippen MR) is 61.4 cm³/mol. The smallest absolute Gasteiger partial charge is 0.321 e. The van der Waals surface area contributed by atoms with Crippen LogP contribution in [0.5, 0.6) is 6.01 Å². The Kier molecular flexibility index (Phi) is 5.83. The van der Waals surface area contributed by atoms with Gasteiger partial charge in [-0.05, 0) is 6.42 Å². The number of nitrogens with two attached hydrogens (primary N) is 1. The summed E-state index contributed by atoms with van der Waals surface area (Å²) < 4.78 is 9.88. The van der Waals surface area contributed by atoms with Gasteiger partial charge in [-0.25, -0.2) is 5.84 Å². The zero-order chi connectivity index (χ0) is 11.8. The number of nitrogens with one attached hydrogen (secondary N) is 1. The van der Waals surface area contributed by atoms with Gasteiger partial charge in [-0.3, -0.25) is 5.43 Å². The topological polar surface area (TPSA) is 95.2 Å². The minimum Gasteiger partial charge on any atom is -0.467 e. The summed E-state index contributed by atoms with van der Waals surface area (Å²) >= 11 is 1.50. The van der Waals surface area contributed by atoms with Gasteiger partial charge in [0.15, 0.2) is 5.16 Å². The first-order valence-corrected chi connectivity index (χ1v) is 5.67. The van der Waals surface area contributed by atoms with E-state index in [0.717, 1.165) is 18.8 Å². The van der Waals surface area contributed by atoms with Gasteiger partial charge in [0.05, 0.1) is 7.11 Å². The molecule has 0 aliphatic heterocycles. The van der Waals surface area contributed by atoms with Gasteiger partial charge in [-0.2, -0.15) is 15.0 Å². The number of ether oxygens (including phenoxy) is 2. The lowest BCUT2D eigenvalue weighted by Gasteiger charge is -2.04. The summed E-state index contributed by atoms with van der Waals surface area (Å²) in [6.45, 7) is 0.719. The molecule has 16 heavy (non-hydrogen) atoms. The van der Waals surface area contributed by atoms with Crippen LogP contribution in [0.3, 0.4) is 0 Å². The van der Waals surface area contributed by atoms with Crippen molar-refractivity contribution in [3.63, 3.8) is 0 Å². The highest BCUT2D eigenvalue weighted by Crippen LogP contribution is 2.17. The molecular weight excluding hydrogens is 230 g/mol. The van der Waals surface area contributed by atoms with Crippen LogP contribution in [-0.4, -0.2) is 41.5 Å². The van der Waals surface area contributed by atoms with Crippen LogP contribution in [0.4, 0.5) is 5.95 Å². The van der Waals surface area contributed by atoms with Gasteiger partial charge >= 0.3 is 6.01 Å². The molecule has 0 atom stereocenters. The van der Waals surface area contributed by atoms with E-state index < -0.39 is 0 Å². The van der Waals surface area contributed by atoms with Gasteiger partial charge in [-0.15, -0.1) is 0 Å². The van der Waals surface area contributed by atoms with Crippen molar-refractivity contribution in [2.24, 2.45) is 5.84 Å². The van der Waals surface area contributed by atoms with E-state index in [0.29, 0.717) is 11.1 Å². The third-order valence-corrected chi connectivity index (χ3v) is 2.56. The van der Waals surface area contributed by atoms with Crippen LogP contribution in [0, 0.1) is 0 Å². The lowest BCUT2D eigenvalue weighted by atomic mass is 10.5. The van der Waals surface area contributed by atoms with Crippen molar-refractivity contribution in [3.8, 4) is 6.01 Å². The molecule has 1 rings (SSSR count). The molecule has 0 aromatic carbocycles. The minimum atomic E-state index is 0.247. The van der Waals surface area contributed by atoms with Gasteiger partial charge in [0.25, 0.3) is 0 Å². The van der Waals surface area contributed by atoms with E-state index in [1.165, 1.54) is 18.9 Å². The molecule has 0 amide bonds. The molecule has 0 fully saturated rings. The van der Waals surface area contributed by atoms with E-state index in [1.807, 2.05) is 0 Å². The van der Waals surface area contributed by atoms with Gasteiger partial charge in [0.2, 0.25) is 5.95 Å². The Morgan fingerprint density at radius 3 is 2.75 bits per heavy atom. The van der Waals surface area contributed by atoms with Crippen molar-refractivity contribution >= 4 is 17.7 Å². The van der Waals surface area contributed by atoms with Crippen molar-refractivity contribution in [1.29, 1.82) is 0 Å². The van der Waals surface area contributed by atoms with Crippen LogP contribution in [0.25, 0.3) is 0 Å². The lowest BCUT2D eigenvalue weighted by molar-refractivity contribution is 0.200. The van der Waals surface area contributed by atoms with Crippen LogP contribution in [0.15, 0.2) is 5.16 Å². The zero-order valence-corrected chi connectivity index (χ0v) is 10.1. The molecule has 0 saturated heterocycles. The van der Waals surface area contributed by atoms with Crippen LogP contribution < -0.4 is 16.0 Å². The maximum Gasteiger partial charge on any atom is 0.321 e. The third-order valence-electron chi connectivity index (χ3n) is 1.63. The Labute approximate surface area is 98.1 Å². The first-order valence-electron chi connectivity index (χ1n) is 4.68. The van der Waals surface area contributed by atoms with Crippen LogP contribution in [-0.2, 0) is 4.74 Å². The second-order valence-electron chi connectivity index (χ2n) is 2.77. The van der Waals surface area contributed by atoms with Gasteiger partial charge in [0, 0.05) is 19.5 Å². The van der Waals surface area contributed by atoms with Gasteiger partial charge in [-0.1, -0.05) is 11.8 Å². The number of methoxy groups -OCH3 is 2. The molecule has 0 bridgehead atoms. The molecular formula is C8H15N5O2S. The number of nitrogen functional groups attached to an aromatic ring is 1. The van der Waals surface area contributed by atoms with Crippen molar-refractivity contribution < 1.29 is 9.47 Å². The number of nitrogens with zero attached hydrogens (tertiary/aromatic N) is 3. The second kappa shape index (κ2) is 7.20. The summed E-state index contributed by atoms with van der Waals surface area (Å²) in [6.07, 6.45) is 0.931. The molecule has 0 radical (unpaired) electrons. The van der Waals surface area contributed by atoms with E-state index >= 15 is 0 Å². The standard InChI is InChI=1S/C8H15N5O2S/c1-14-4-3-5-16-8-11-6(13-9)10-7(12-8)15-2/h3-5,9H2,1-2H3,(H,10,11,12,13). The maximum absolute atomic E-state index is 5.23. The summed E-state index contributed by atoms with van der Waals surface area (Å²) in [7, 11) is 3.17. The number of hydrazine groups is 1. The van der Waals surface area contributed by atoms with Gasteiger partial charge in [0.1, 0.15) is 0 Å². The number of thioether (sulfide) groups is 1. The molecule has 0 aliphatic rings. The maximum atomic E-state index is 5.23. The van der Waals surface area contributed by atoms with Crippen LogP contribution >= 0.6 is 11.8 Å². The summed E-state index contributed by atoms with van der Waals surface area (Å²) in [5.74, 6) is 6.39. The van der Waals surface area contributed by atoms with E-state index in [9.17, 15) is 0 Å². The monoisotopic (exact) mass is 245 g/mol. The van der Waals surface area contributed by atoms with Crippen molar-refractivity contribution in [1.82, 2.24) is 15.0 Å². The SMILES string of the molecule is COCCCSc1nc(NN)nc(OC)n1.